The number of rotatable bonds is 3. The summed E-state index contributed by atoms with van der Waals surface area (Å²) in [6, 6.07) is 8.47. The zero-order valence-electron chi connectivity index (χ0n) is 8.17. The summed E-state index contributed by atoms with van der Waals surface area (Å²) < 4.78 is 24.7. The second-order valence-corrected chi connectivity index (χ2v) is 3.82. The van der Waals surface area contributed by atoms with E-state index < -0.39 is 10.1 Å². The first-order valence-electron chi connectivity index (χ1n) is 3.24. The molecular weight excluding hydrogens is 226 g/mol. The Morgan fingerprint density at radius 2 is 1.64 bits per heavy atom. The molecule has 4 nitrogen and oxygen atoms in total. The minimum atomic E-state index is -3.82. The summed E-state index contributed by atoms with van der Waals surface area (Å²) in [7, 11) is -3.82. The standard InChI is InChI=1S/C7H8O4S.2Na/c8-11-12(9,10)6-7-4-2-1-3-5-7;;/h1-5,8H,6H2;;. The summed E-state index contributed by atoms with van der Waals surface area (Å²) in [6.45, 7) is 0. The van der Waals surface area contributed by atoms with E-state index in [1.807, 2.05) is 0 Å². The Hall–Kier alpha value is 1.09. The van der Waals surface area contributed by atoms with Crippen molar-refractivity contribution in [2.45, 2.75) is 5.75 Å². The van der Waals surface area contributed by atoms with Crippen LogP contribution >= 0.6 is 0 Å². The van der Waals surface area contributed by atoms with E-state index in [0.717, 1.165) is 0 Å². The Morgan fingerprint density at radius 1 is 1.14 bits per heavy atom. The fourth-order valence-corrected chi connectivity index (χ4v) is 1.46. The van der Waals surface area contributed by atoms with Gasteiger partial charge in [-0.1, -0.05) is 30.3 Å². The predicted octanol–water partition coefficient (Wildman–Crippen LogP) is 0.244. The van der Waals surface area contributed by atoms with Crippen molar-refractivity contribution in [3.63, 3.8) is 0 Å². The maximum Gasteiger partial charge on any atom is 0.297 e. The minimum absolute atomic E-state index is 0. The van der Waals surface area contributed by atoms with Crippen molar-refractivity contribution < 1.29 is 18.0 Å². The van der Waals surface area contributed by atoms with Crippen LogP contribution in [0.15, 0.2) is 30.3 Å². The third-order valence-corrected chi connectivity index (χ3v) is 2.21. The predicted molar refractivity (Wildman–Crippen MR) is 54.3 cm³/mol. The van der Waals surface area contributed by atoms with Crippen molar-refractivity contribution in [2.24, 2.45) is 0 Å². The average Bonchev–Trinajstić information content (AvgIpc) is 2.06. The van der Waals surface area contributed by atoms with E-state index in [4.69, 9.17) is 5.26 Å². The van der Waals surface area contributed by atoms with Crippen LogP contribution in [0, 0.1) is 0 Å². The Bertz CT molecular complexity index is 338. The molecule has 14 heavy (non-hydrogen) atoms. The Labute approximate surface area is 127 Å². The van der Waals surface area contributed by atoms with Crippen LogP contribution < -0.4 is 0 Å². The summed E-state index contributed by atoms with van der Waals surface area (Å²) in [5.41, 5.74) is 0.576. The van der Waals surface area contributed by atoms with Crippen LogP contribution in [0.2, 0.25) is 0 Å². The van der Waals surface area contributed by atoms with E-state index in [-0.39, 0.29) is 64.9 Å². The van der Waals surface area contributed by atoms with Gasteiger partial charge in [-0.2, -0.15) is 8.42 Å². The normalized spacial score (nSPS) is 9.79. The first kappa shape index (κ1) is 17.5. The molecule has 1 aromatic carbocycles. The molecule has 0 atom stereocenters. The van der Waals surface area contributed by atoms with Crippen LogP contribution in [-0.4, -0.2) is 72.8 Å². The van der Waals surface area contributed by atoms with Crippen LogP contribution in [0.4, 0.5) is 0 Å². The van der Waals surface area contributed by atoms with Gasteiger partial charge in [-0.25, -0.2) is 5.26 Å². The molecule has 0 saturated carbocycles. The molecule has 2 radical (unpaired) electrons. The van der Waals surface area contributed by atoms with E-state index in [0.29, 0.717) is 5.56 Å². The van der Waals surface area contributed by atoms with E-state index in [1.165, 1.54) is 0 Å². The molecule has 0 aliphatic heterocycles. The summed E-state index contributed by atoms with van der Waals surface area (Å²) in [4.78, 5) is 0. The Kier molecular flexibility index (Phi) is 10.3. The molecule has 0 aliphatic rings. The maximum absolute atomic E-state index is 10.7. The van der Waals surface area contributed by atoms with Gasteiger partial charge in [0.2, 0.25) is 0 Å². The molecule has 0 aromatic heterocycles. The van der Waals surface area contributed by atoms with E-state index >= 15 is 0 Å². The Morgan fingerprint density at radius 3 is 2.07 bits per heavy atom. The third kappa shape index (κ3) is 6.55. The molecule has 0 bridgehead atoms. The van der Waals surface area contributed by atoms with Crippen molar-refractivity contribution >= 4 is 69.2 Å². The number of hydrogen-bond acceptors (Lipinski definition) is 4. The zero-order valence-corrected chi connectivity index (χ0v) is 13.0. The molecule has 0 heterocycles. The van der Waals surface area contributed by atoms with Crippen molar-refractivity contribution in [1.29, 1.82) is 0 Å². The molecule has 7 heteroatoms. The molecule has 0 aliphatic carbocycles. The number of hydrogen-bond donors (Lipinski definition) is 1. The summed E-state index contributed by atoms with van der Waals surface area (Å²) in [6.07, 6.45) is 0. The van der Waals surface area contributed by atoms with Gasteiger partial charge in [0.15, 0.2) is 0 Å². The van der Waals surface area contributed by atoms with Gasteiger partial charge in [-0.3, -0.25) is 0 Å². The average molecular weight is 234 g/mol. The van der Waals surface area contributed by atoms with Crippen molar-refractivity contribution in [3.05, 3.63) is 35.9 Å². The van der Waals surface area contributed by atoms with Gasteiger partial charge in [0, 0.05) is 59.1 Å². The SMILES string of the molecule is O=S(=O)(Cc1ccccc1)OO.[Na].[Na]. The van der Waals surface area contributed by atoms with E-state index in [2.05, 4.69) is 4.33 Å². The quantitative estimate of drug-likeness (QED) is 0.462. The molecule has 0 unspecified atom stereocenters. The third-order valence-electron chi connectivity index (χ3n) is 1.30. The fourth-order valence-electron chi connectivity index (χ4n) is 0.805. The van der Waals surface area contributed by atoms with Gasteiger partial charge >= 0.3 is 0 Å². The molecule has 0 saturated heterocycles. The largest absolute Gasteiger partial charge is 0.297 e. The molecule has 1 N–H and O–H groups in total. The zero-order chi connectivity index (χ0) is 9.03. The Balaban J connectivity index is 0. The topological polar surface area (TPSA) is 63.6 Å². The summed E-state index contributed by atoms with van der Waals surface area (Å²) in [5, 5.41) is 7.97. The second kappa shape index (κ2) is 8.27. The van der Waals surface area contributed by atoms with Gasteiger partial charge in [-0.15, -0.1) is 4.33 Å². The van der Waals surface area contributed by atoms with E-state index in [9.17, 15) is 8.42 Å². The molecular formula is C7H8Na2O4S. The maximum atomic E-state index is 10.7. The van der Waals surface area contributed by atoms with Gasteiger partial charge in [-0.05, 0) is 5.56 Å². The van der Waals surface area contributed by atoms with Crippen LogP contribution in [-0.2, 0) is 20.2 Å². The smallest absolute Gasteiger partial charge is 0.235 e. The van der Waals surface area contributed by atoms with Crippen LogP contribution in [0.25, 0.3) is 0 Å². The monoisotopic (exact) mass is 234 g/mol. The molecule has 1 rings (SSSR count). The molecule has 0 fully saturated rings. The van der Waals surface area contributed by atoms with Gasteiger partial charge < -0.3 is 0 Å². The van der Waals surface area contributed by atoms with Crippen LogP contribution in [0.1, 0.15) is 5.56 Å². The molecule has 68 valence electrons. The van der Waals surface area contributed by atoms with Crippen LogP contribution in [0.3, 0.4) is 0 Å². The van der Waals surface area contributed by atoms with Gasteiger partial charge in [0.1, 0.15) is 5.75 Å². The number of benzene rings is 1. The van der Waals surface area contributed by atoms with Gasteiger partial charge in [0.05, 0.1) is 0 Å². The van der Waals surface area contributed by atoms with Crippen molar-refractivity contribution in [2.75, 3.05) is 0 Å². The molecule has 0 amide bonds. The minimum Gasteiger partial charge on any atom is -0.235 e. The first-order chi connectivity index (χ1) is 5.64. The molecule has 1 aromatic rings. The second-order valence-electron chi connectivity index (χ2n) is 2.26. The van der Waals surface area contributed by atoms with Crippen molar-refractivity contribution in [3.8, 4) is 0 Å². The molecule has 0 spiro atoms. The van der Waals surface area contributed by atoms with Crippen LogP contribution in [0.5, 0.6) is 0 Å². The van der Waals surface area contributed by atoms with E-state index in [1.54, 1.807) is 30.3 Å². The summed E-state index contributed by atoms with van der Waals surface area (Å²) in [5.74, 6) is -0.315. The summed E-state index contributed by atoms with van der Waals surface area (Å²) >= 11 is 0. The fraction of sp³-hybridized carbons (Fsp3) is 0.143. The first-order valence-corrected chi connectivity index (χ1v) is 4.81. The van der Waals surface area contributed by atoms with Gasteiger partial charge in [0.25, 0.3) is 10.1 Å². The van der Waals surface area contributed by atoms with Crippen molar-refractivity contribution in [1.82, 2.24) is 0 Å².